The Bertz CT molecular complexity index is 763. The number of hydrogen-bond acceptors (Lipinski definition) is 5. The predicted octanol–water partition coefficient (Wildman–Crippen LogP) is 1.82. The molecule has 0 radical (unpaired) electrons. The number of aromatic hydroxyl groups is 1. The van der Waals surface area contributed by atoms with Gasteiger partial charge in [0, 0.05) is 23.1 Å². The molecule has 0 saturated heterocycles. The number of aliphatic carboxylic acids is 1. The quantitative estimate of drug-likeness (QED) is 0.538. The third-order valence-electron chi connectivity index (χ3n) is 4.14. The molecule has 24 heavy (non-hydrogen) atoms. The van der Waals surface area contributed by atoms with Gasteiger partial charge in [-0.05, 0) is 32.3 Å². The van der Waals surface area contributed by atoms with Crippen LogP contribution in [0.4, 0.5) is 0 Å². The number of fused-ring (bicyclic) bond motifs is 1. The second-order valence-corrected chi connectivity index (χ2v) is 5.77. The molecule has 7 heteroatoms. The van der Waals surface area contributed by atoms with Crippen molar-refractivity contribution in [2.24, 2.45) is 5.73 Å². The number of primary amides is 1. The number of carbonyl (C=O) groups excluding carboxylic acids is 2. The van der Waals surface area contributed by atoms with Gasteiger partial charge in [0.25, 0.3) is 0 Å². The average Bonchev–Trinajstić information content (AvgIpc) is 2.89. The van der Waals surface area contributed by atoms with Gasteiger partial charge in [-0.1, -0.05) is 11.6 Å². The number of amides is 1. The fourth-order valence-corrected chi connectivity index (χ4v) is 2.80. The van der Waals surface area contributed by atoms with Crippen LogP contribution in [0.25, 0.3) is 0 Å². The Morgan fingerprint density at radius 3 is 2.58 bits per heavy atom. The summed E-state index contributed by atoms with van der Waals surface area (Å²) in [6, 6.07) is 0. The number of hydrogen-bond donors (Lipinski definition) is 3. The minimum absolute atomic E-state index is 0.00159. The van der Waals surface area contributed by atoms with Crippen LogP contribution < -0.4 is 5.73 Å². The van der Waals surface area contributed by atoms with Crippen LogP contribution in [0.5, 0.6) is 5.75 Å². The van der Waals surface area contributed by atoms with Crippen LogP contribution in [-0.4, -0.2) is 28.1 Å². The fraction of sp³-hybridized carbons (Fsp3) is 0.353. The molecular formula is C17H19NO6. The molecule has 0 spiro atoms. The third kappa shape index (κ3) is 3.24. The van der Waals surface area contributed by atoms with Crippen molar-refractivity contribution in [3.63, 3.8) is 0 Å². The van der Waals surface area contributed by atoms with Crippen molar-refractivity contribution in [1.29, 1.82) is 0 Å². The van der Waals surface area contributed by atoms with Gasteiger partial charge in [0.15, 0.2) is 0 Å². The van der Waals surface area contributed by atoms with Crippen LogP contribution in [0.15, 0.2) is 11.6 Å². The lowest BCUT2D eigenvalue weighted by Gasteiger charge is -2.14. The van der Waals surface area contributed by atoms with Gasteiger partial charge in [0.1, 0.15) is 17.9 Å². The van der Waals surface area contributed by atoms with Crippen LogP contribution in [0.3, 0.4) is 0 Å². The van der Waals surface area contributed by atoms with E-state index in [1.54, 1.807) is 19.9 Å². The monoisotopic (exact) mass is 333 g/mol. The molecule has 0 fully saturated rings. The van der Waals surface area contributed by atoms with Gasteiger partial charge in [-0.3, -0.25) is 9.59 Å². The average molecular weight is 333 g/mol. The van der Waals surface area contributed by atoms with E-state index in [-0.39, 0.29) is 41.9 Å². The molecule has 0 unspecified atom stereocenters. The molecule has 0 atom stereocenters. The molecule has 2 rings (SSSR count). The Labute approximate surface area is 138 Å². The molecule has 0 bridgehead atoms. The summed E-state index contributed by atoms with van der Waals surface area (Å²) in [4.78, 5) is 34.2. The topological polar surface area (TPSA) is 127 Å². The van der Waals surface area contributed by atoms with Gasteiger partial charge in [-0.15, -0.1) is 0 Å². The van der Waals surface area contributed by atoms with E-state index < -0.39 is 17.8 Å². The van der Waals surface area contributed by atoms with Crippen molar-refractivity contribution in [3.05, 3.63) is 39.5 Å². The van der Waals surface area contributed by atoms with Gasteiger partial charge in [0.05, 0.1) is 0 Å². The normalized spacial score (nSPS) is 13.6. The first-order chi connectivity index (χ1) is 11.2. The van der Waals surface area contributed by atoms with Crippen LogP contribution in [0.2, 0.25) is 0 Å². The van der Waals surface area contributed by atoms with E-state index in [2.05, 4.69) is 0 Å². The standard InChI is InChI=1S/C17H19NO6/c1-8(4-6-12(19)20)3-5-10-13(16(18)22)9(2)11-7-24-17(23)14(11)15(10)21/h3,21H,4-7H2,1-2H3,(H2,18,22)(H,19,20)/b8-3+. The lowest BCUT2D eigenvalue weighted by atomic mass is 9.90. The molecule has 0 aliphatic carbocycles. The maximum Gasteiger partial charge on any atom is 0.342 e. The summed E-state index contributed by atoms with van der Waals surface area (Å²) in [5, 5.41) is 19.1. The van der Waals surface area contributed by atoms with E-state index in [0.717, 1.165) is 5.57 Å². The molecule has 1 aliphatic heterocycles. The number of carboxylic acid groups (broad SMARTS) is 1. The molecule has 1 aromatic rings. The lowest BCUT2D eigenvalue weighted by Crippen LogP contribution is -2.17. The Hall–Kier alpha value is -2.83. The van der Waals surface area contributed by atoms with E-state index in [9.17, 15) is 19.5 Å². The summed E-state index contributed by atoms with van der Waals surface area (Å²) in [5.41, 5.74) is 7.74. The molecular weight excluding hydrogens is 314 g/mol. The van der Waals surface area contributed by atoms with E-state index in [1.807, 2.05) is 0 Å². The Morgan fingerprint density at radius 1 is 1.33 bits per heavy atom. The van der Waals surface area contributed by atoms with E-state index in [4.69, 9.17) is 15.6 Å². The number of allylic oxidation sites excluding steroid dienone is 2. The summed E-state index contributed by atoms with van der Waals surface area (Å²) in [7, 11) is 0. The Morgan fingerprint density at radius 2 is 2.00 bits per heavy atom. The molecule has 128 valence electrons. The summed E-state index contributed by atoms with van der Waals surface area (Å²) >= 11 is 0. The fourth-order valence-electron chi connectivity index (χ4n) is 2.80. The number of cyclic esters (lactones) is 1. The summed E-state index contributed by atoms with van der Waals surface area (Å²) in [6.45, 7) is 3.42. The lowest BCUT2D eigenvalue weighted by molar-refractivity contribution is -0.136. The maximum atomic E-state index is 11.8. The highest BCUT2D eigenvalue weighted by molar-refractivity contribution is 6.03. The summed E-state index contributed by atoms with van der Waals surface area (Å²) in [6.07, 6.45) is 2.23. The van der Waals surface area contributed by atoms with Crippen LogP contribution >= 0.6 is 0 Å². The highest BCUT2D eigenvalue weighted by Crippen LogP contribution is 2.37. The third-order valence-corrected chi connectivity index (χ3v) is 4.14. The van der Waals surface area contributed by atoms with Gasteiger partial charge in [0.2, 0.25) is 5.91 Å². The molecule has 1 aromatic carbocycles. The maximum absolute atomic E-state index is 11.8. The zero-order chi connectivity index (χ0) is 18.0. The van der Waals surface area contributed by atoms with Gasteiger partial charge in [-0.2, -0.15) is 0 Å². The van der Waals surface area contributed by atoms with Crippen molar-refractivity contribution < 1.29 is 29.3 Å². The van der Waals surface area contributed by atoms with Crippen molar-refractivity contribution in [2.75, 3.05) is 0 Å². The molecule has 0 aromatic heterocycles. The molecule has 4 N–H and O–H groups in total. The number of carboxylic acids is 1. The Kier molecular flexibility index (Phi) is 4.92. The van der Waals surface area contributed by atoms with Crippen molar-refractivity contribution in [3.8, 4) is 5.75 Å². The number of carbonyl (C=O) groups is 3. The molecule has 0 saturated carbocycles. The number of phenolic OH excluding ortho intramolecular Hbond substituents is 1. The second kappa shape index (κ2) is 6.74. The number of esters is 1. The number of rotatable bonds is 6. The number of ether oxygens (including phenoxy) is 1. The van der Waals surface area contributed by atoms with Gasteiger partial charge < -0.3 is 20.7 Å². The first-order valence-electron chi connectivity index (χ1n) is 7.45. The minimum Gasteiger partial charge on any atom is -0.507 e. The van der Waals surface area contributed by atoms with E-state index in [0.29, 0.717) is 17.5 Å². The molecule has 7 nitrogen and oxygen atoms in total. The van der Waals surface area contributed by atoms with Gasteiger partial charge in [-0.25, -0.2) is 4.79 Å². The highest BCUT2D eigenvalue weighted by atomic mass is 16.5. The number of phenols is 1. The molecule has 1 amide bonds. The van der Waals surface area contributed by atoms with E-state index >= 15 is 0 Å². The first kappa shape index (κ1) is 17.5. The molecule has 1 heterocycles. The molecule has 1 aliphatic rings. The smallest absolute Gasteiger partial charge is 0.342 e. The highest BCUT2D eigenvalue weighted by Gasteiger charge is 2.32. The van der Waals surface area contributed by atoms with E-state index in [1.165, 1.54) is 0 Å². The van der Waals surface area contributed by atoms with Crippen LogP contribution in [0, 0.1) is 6.92 Å². The number of benzene rings is 1. The number of nitrogens with two attached hydrogens (primary N) is 1. The van der Waals surface area contributed by atoms with Crippen molar-refractivity contribution in [2.45, 2.75) is 39.7 Å². The van der Waals surface area contributed by atoms with Gasteiger partial charge >= 0.3 is 11.9 Å². The van der Waals surface area contributed by atoms with Crippen LogP contribution in [0.1, 0.15) is 57.2 Å². The SMILES string of the molecule is C/C(=C\Cc1c(O)c2c(c(C)c1C(N)=O)COC2=O)CCC(=O)O. The zero-order valence-corrected chi connectivity index (χ0v) is 13.5. The summed E-state index contributed by atoms with van der Waals surface area (Å²) in [5.74, 6) is -2.53. The second-order valence-electron chi connectivity index (χ2n) is 5.77. The van der Waals surface area contributed by atoms with Crippen LogP contribution in [-0.2, 0) is 22.6 Å². The predicted molar refractivity (Wildman–Crippen MR) is 84.8 cm³/mol. The van der Waals surface area contributed by atoms with Crippen molar-refractivity contribution in [1.82, 2.24) is 0 Å². The first-order valence-corrected chi connectivity index (χ1v) is 7.45. The zero-order valence-electron chi connectivity index (χ0n) is 13.5. The van der Waals surface area contributed by atoms with Crippen molar-refractivity contribution >= 4 is 17.8 Å². The largest absolute Gasteiger partial charge is 0.507 e. The minimum atomic E-state index is -0.903. The summed E-state index contributed by atoms with van der Waals surface area (Å²) < 4.78 is 4.93. The Balaban J connectivity index is 2.46.